The summed E-state index contributed by atoms with van der Waals surface area (Å²) in [6.45, 7) is 0.379. The van der Waals surface area contributed by atoms with Crippen LogP contribution in [0.2, 0.25) is 10.0 Å². The summed E-state index contributed by atoms with van der Waals surface area (Å²) < 4.78 is 42.7. The fourth-order valence-corrected chi connectivity index (χ4v) is 3.70. The molecule has 0 amide bonds. The Kier molecular flexibility index (Phi) is 6.28. The highest BCUT2D eigenvalue weighted by Crippen LogP contribution is 2.42. The maximum Gasteiger partial charge on any atom is 0.411 e. The molecular formula is C19H18Cl2F3N3O2. The van der Waals surface area contributed by atoms with Gasteiger partial charge >= 0.3 is 6.18 Å². The van der Waals surface area contributed by atoms with E-state index in [2.05, 4.69) is 9.72 Å². The normalized spacial score (nSPS) is 12.1. The molecule has 0 bridgehead atoms. The van der Waals surface area contributed by atoms with Crippen molar-refractivity contribution in [2.75, 3.05) is 13.2 Å². The van der Waals surface area contributed by atoms with Crippen molar-refractivity contribution in [1.29, 1.82) is 0 Å². The van der Waals surface area contributed by atoms with Gasteiger partial charge in [-0.25, -0.2) is 0 Å². The first-order chi connectivity index (χ1) is 13.6. The third-order valence-electron chi connectivity index (χ3n) is 4.45. The van der Waals surface area contributed by atoms with Gasteiger partial charge in [-0.2, -0.15) is 13.2 Å². The third kappa shape index (κ3) is 4.61. The molecular weight excluding hydrogens is 430 g/mol. The number of pyridine rings is 1. The zero-order chi connectivity index (χ0) is 21.3. The van der Waals surface area contributed by atoms with E-state index >= 15 is 0 Å². The van der Waals surface area contributed by atoms with Gasteiger partial charge in [-0.15, -0.1) is 0 Å². The highest BCUT2D eigenvalue weighted by Gasteiger charge is 2.27. The smallest absolute Gasteiger partial charge is 0.411 e. The van der Waals surface area contributed by atoms with Crippen molar-refractivity contribution in [1.82, 2.24) is 9.55 Å². The van der Waals surface area contributed by atoms with E-state index in [0.717, 1.165) is 0 Å². The lowest BCUT2D eigenvalue weighted by Gasteiger charge is -2.14. The molecule has 29 heavy (non-hydrogen) atoms. The van der Waals surface area contributed by atoms with Gasteiger partial charge in [-0.1, -0.05) is 29.3 Å². The van der Waals surface area contributed by atoms with Crippen molar-refractivity contribution in [2.24, 2.45) is 5.73 Å². The summed E-state index contributed by atoms with van der Waals surface area (Å²) in [5, 5.41) is 12.0. The molecule has 3 aromatic rings. The first kappa shape index (κ1) is 21.7. The molecule has 0 atom stereocenters. The van der Waals surface area contributed by atoms with Crippen molar-refractivity contribution < 1.29 is 23.0 Å². The van der Waals surface area contributed by atoms with Gasteiger partial charge < -0.3 is 20.1 Å². The number of aryl methyl sites for hydroxylation is 1. The molecule has 0 aliphatic carbocycles. The molecule has 156 valence electrons. The quantitative estimate of drug-likeness (QED) is 0.517. The number of fused-ring (bicyclic) bond motifs is 1. The van der Waals surface area contributed by atoms with Gasteiger partial charge in [0.1, 0.15) is 6.61 Å². The Morgan fingerprint density at radius 3 is 2.62 bits per heavy atom. The molecule has 2 heterocycles. The van der Waals surface area contributed by atoms with E-state index in [4.69, 9.17) is 28.9 Å². The molecule has 0 saturated heterocycles. The lowest BCUT2D eigenvalue weighted by Crippen LogP contribution is -2.18. The van der Waals surface area contributed by atoms with Gasteiger partial charge in [0, 0.05) is 46.2 Å². The number of benzene rings is 1. The predicted molar refractivity (Wildman–Crippen MR) is 106 cm³/mol. The number of nitrogens with zero attached hydrogens (tertiary/aromatic N) is 2. The van der Waals surface area contributed by atoms with Crippen LogP contribution < -0.4 is 5.73 Å². The number of hydrogen-bond acceptors (Lipinski definition) is 4. The molecule has 0 radical (unpaired) electrons. The Balaban J connectivity index is 2.08. The van der Waals surface area contributed by atoms with Gasteiger partial charge in [0.25, 0.3) is 0 Å². The molecule has 0 saturated carbocycles. The number of aromatic hydroxyl groups is 1. The Hall–Kier alpha value is -2.00. The zero-order valence-electron chi connectivity index (χ0n) is 15.4. The lowest BCUT2D eigenvalue weighted by molar-refractivity contribution is -0.174. The molecule has 0 unspecified atom stereocenters. The first-order valence-corrected chi connectivity index (χ1v) is 9.39. The SMILES string of the molecule is Cc1nc2cn(CCOCC(F)(F)F)c(O)c2c(-c2ccc(Cl)cc2Cl)c1CN. The number of nitrogens with two attached hydrogens (primary N) is 1. The monoisotopic (exact) mass is 447 g/mol. The van der Waals surface area contributed by atoms with E-state index in [1.54, 1.807) is 31.3 Å². The van der Waals surface area contributed by atoms with Crippen LogP contribution in [-0.2, 0) is 17.8 Å². The molecule has 0 fully saturated rings. The fourth-order valence-electron chi connectivity index (χ4n) is 3.20. The van der Waals surface area contributed by atoms with Crippen LogP contribution in [0.5, 0.6) is 5.88 Å². The standard InChI is InChI=1S/C19H18Cl2F3N3O2/c1-10-13(7-25)16(12-3-2-11(20)6-14(12)21)17-15(26-10)8-27(18(17)28)4-5-29-9-19(22,23)24/h2-3,6,8,28H,4-5,7,9,25H2,1H3. The van der Waals surface area contributed by atoms with Crippen LogP contribution in [0, 0.1) is 6.92 Å². The lowest BCUT2D eigenvalue weighted by atomic mass is 9.95. The molecule has 0 spiro atoms. The summed E-state index contributed by atoms with van der Waals surface area (Å²) in [5.41, 5.74) is 8.99. The molecule has 1 aromatic carbocycles. The summed E-state index contributed by atoms with van der Waals surface area (Å²) in [5.74, 6) is -0.154. The molecule has 3 rings (SSSR count). The van der Waals surface area contributed by atoms with Gasteiger partial charge in [-0.05, 0) is 24.6 Å². The van der Waals surface area contributed by atoms with Crippen LogP contribution in [0.1, 0.15) is 11.3 Å². The number of alkyl halides is 3. The fraction of sp³-hybridized carbons (Fsp3) is 0.316. The van der Waals surface area contributed by atoms with Gasteiger partial charge in [0.2, 0.25) is 5.88 Å². The van der Waals surface area contributed by atoms with Gasteiger partial charge in [-0.3, -0.25) is 4.98 Å². The van der Waals surface area contributed by atoms with Crippen LogP contribution in [0.3, 0.4) is 0 Å². The predicted octanol–water partition coefficient (Wildman–Crippen LogP) is 5.06. The summed E-state index contributed by atoms with van der Waals surface area (Å²) in [6.07, 6.45) is -2.85. The second-order valence-corrected chi connectivity index (χ2v) is 7.30. The van der Waals surface area contributed by atoms with E-state index in [0.29, 0.717) is 43.3 Å². The minimum Gasteiger partial charge on any atom is -0.494 e. The molecule has 10 heteroatoms. The van der Waals surface area contributed by atoms with Crippen molar-refractivity contribution in [3.8, 4) is 17.0 Å². The minimum absolute atomic E-state index is 0.0169. The maximum absolute atomic E-state index is 12.2. The van der Waals surface area contributed by atoms with Crippen LogP contribution in [0.15, 0.2) is 24.4 Å². The van der Waals surface area contributed by atoms with Crippen molar-refractivity contribution in [2.45, 2.75) is 26.2 Å². The Morgan fingerprint density at radius 2 is 2.00 bits per heavy atom. The third-order valence-corrected chi connectivity index (χ3v) is 5.00. The highest BCUT2D eigenvalue weighted by atomic mass is 35.5. The Bertz CT molecular complexity index is 1050. The summed E-state index contributed by atoms with van der Waals surface area (Å²) in [4.78, 5) is 4.48. The van der Waals surface area contributed by atoms with Crippen molar-refractivity contribution in [3.05, 3.63) is 45.7 Å². The van der Waals surface area contributed by atoms with E-state index in [1.807, 2.05) is 0 Å². The number of halogens is 5. The largest absolute Gasteiger partial charge is 0.494 e. The van der Waals surface area contributed by atoms with Crippen molar-refractivity contribution in [3.63, 3.8) is 0 Å². The molecule has 0 aliphatic rings. The number of aromatic nitrogens is 2. The Morgan fingerprint density at radius 1 is 1.28 bits per heavy atom. The number of rotatable bonds is 6. The minimum atomic E-state index is -4.41. The summed E-state index contributed by atoms with van der Waals surface area (Å²) in [6, 6.07) is 4.98. The molecule has 5 nitrogen and oxygen atoms in total. The Labute approximate surface area is 174 Å². The van der Waals surface area contributed by atoms with Crippen LogP contribution in [0.25, 0.3) is 22.0 Å². The van der Waals surface area contributed by atoms with Crippen LogP contribution in [-0.4, -0.2) is 34.0 Å². The maximum atomic E-state index is 12.2. The van der Waals surface area contributed by atoms with Crippen molar-refractivity contribution >= 4 is 34.1 Å². The second kappa shape index (κ2) is 8.39. The average molecular weight is 448 g/mol. The zero-order valence-corrected chi connectivity index (χ0v) is 16.9. The first-order valence-electron chi connectivity index (χ1n) is 8.63. The molecule has 3 N–H and O–H groups in total. The second-order valence-electron chi connectivity index (χ2n) is 6.45. The van der Waals surface area contributed by atoms with E-state index < -0.39 is 12.8 Å². The average Bonchev–Trinajstić information content (AvgIpc) is 2.92. The summed E-state index contributed by atoms with van der Waals surface area (Å²) >= 11 is 12.4. The van der Waals surface area contributed by atoms with Gasteiger partial charge in [0.05, 0.1) is 17.5 Å². The van der Waals surface area contributed by atoms with Gasteiger partial charge in [0.15, 0.2) is 0 Å². The van der Waals surface area contributed by atoms with E-state index in [9.17, 15) is 18.3 Å². The summed E-state index contributed by atoms with van der Waals surface area (Å²) in [7, 11) is 0. The number of ether oxygens (including phenoxy) is 1. The molecule has 2 aromatic heterocycles. The number of hydrogen-bond donors (Lipinski definition) is 2. The van der Waals surface area contributed by atoms with E-state index in [1.165, 1.54) is 4.57 Å². The van der Waals surface area contributed by atoms with Crippen LogP contribution in [0.4, 0.5) is 13.2 Å². The molecule has 0 aliphatic heterocycles. The van der Waals surface area contributed by atoms with Crippen LogP contribution >= 0.6 is 23.2 Å². The topological polar surface area (TPSA) is 73.3 Å². The van der Waals surface area contributed by atoms with E-state index in [-0.39, 0.29) is 25.6 Å². The highest BCUT2D eigenvalue weighted by molar-refractivity contribution is 6.36.